The van der Waals surface area contributed by atoms with Crippen LogP contribution in [0.4, 0.5) is 16.9 Å². The zero-order chi connectivity index (χ0) is 26.0. The Morgan fingerprint density at radius 1 is 1.19 bits per heavy atom. The monoisotopic (exact) mass is 525 g/mol. The van der Waals surface area contributed by atoms with E-state index in [1.54, 1.807) is 6.20 Å². The number of esters is 1. The predicted octanol–water partition coefficient (Wildman–Crippen LogP) is 4.25. The maximum absolute atomic E-state index is 12.9. The molecule has 37 heavy (non-hydrogen) atoms. The van der Waals surface area contributed by atoms with Crippen molar-refractivity contribution in [2.45, 2.75) is 89.6 Å². The lowest BCUT2D eigenvalue weighted by atomic mass is 9.93. The fourth-order valence-corrected chi connectivity index (χ4v) is 5.72. The largest absolute Gasteiger partial charge is 0.459 e. The predicted molar refractivity (Wildman–Crippen MR) is 144 cm³/mol. The summed E-state index contributed by atoms with van der Waals surface area (Å²) in [5.74, 6) is 0.988. The van der Waals surface area contributed by atoms with E-state index in [1.807, 2.05) is 39.0 Å². The molecule has 3 N–H and O–H groups in total. The van der Waals surface area contributed by atoms with Crippen LogP contribution >= 0.6 is 11.3 Å². The van der Waals surface area contributed by atoms with Gasteiger partial charge >= 0.3 is 5.97 Å². The second kappa shape index (κ2) is 10.8. The number of nitrogens with one attached hydrogen (secondary N) is 2. The Bertz CT molecular complexity index is 1200. The average Bonchev–Trinajstić information content (AvgIpc) is 3.45. The standard InChI is InChI=1S/C26H35N7O3S/c1-26(2,3)36-23(35)20-7-5-13-33(20)15-17-14-21(32-25-30-19-6-4-12-27-22(19)37-25)31-24(29-17)28-16-8-10-18(34)11-9-16/h4,6,12,14,16,18,20,34H,5,7-11,13,15H2,1-3H3,(H2,28,29,30,31,32)/t16-,18-,20-/m0/s1. The van der Waals surface area contributed by atoms with Gasteiger partial charge in [-0.05, 0) is 78.0 Å². The number of carbonyl (C=O) groups excluding carboxylic acids is 1. The van der Waals surface area contributed by atoms with Crippen LogP contribution in [0.15, 0.2) is 24.4 Å². The van der Waals surface area contributed by atoms with Crippen molar-refractivity contribution < 1.29 is 14.6 Å². The van der Waals surface area contributed by atoms with Gasteiger partial charge in [0.05, 0.1) is 11.8 Å². The van der Waals surface area contributed by atoms with Crippen LogP contribution in [0.3, 0.4) is 0 Å². The van der Waals surface area contributed by atoms with E-state index < -0.39 is 5.60 Å². The van der Waals surface area contributed by atoms with Gasteiger partial charge in [0, 0.05) is 24.8 Å². The summed E-state index contributed by atoms with van der Waals surface area (Å²) in [6, 6.07) is 5.65. The van der Waals surface area contributed by atoms with Crippen molar-refractivity contribution in [1.29, 1.82) is 0 Å². The average molecular weight is 526 g/mol. The van der Waals surface area contributed by atoms with Crippen LogP contribution in [0.1, 0.15) is 65.0 Å². The summed E-state index contributed by atoms with van der Waals surface area (Å²) in [6.07, 6.45) is 6.53. The lowest BCUT2D eigenvalue weighted by Gasteiger charge is -2.28. The molecule has 4 heterocycles. The molecule has 0 aromatic carbocycles. The van der Waals surface area contributed by atoms with Crippen molar-refractivity contribution in [2.75, 3.05) is 17.2 Å². The SMILES string of the molecule is CC(C)(C)OC(=O)[C@@H]1CCCN1Cc1cc(Nc2nc3cccnc3s2)nc(N[C@H]2CC[C@H](O)CC2)n1. The highest BCUT2D eigenvalue weighted by molar-refractivity contribution is 7.21. The van der Waals surface area contributed by atoms with Crippen LogP contribution in [0.5, 0.6) is 0 Å². The molecule has 1 saturated heterocycles. The van der Waals surface area contributed by atoms with Gasteiger partial charge in [-0.2, -0.15) is 4.98 Å². The molecule has 1 aliphatic carbocycles. The number of aliphatic hydroxyl groups excluding tert-OH is 1. The topological polar surface area (TPSA) is 125 Å². The number of thiazole rings is 1. The third-order valence-electron chi connectivity index (χ3n) is 6.62. The number of nitrogens with zero attached hydrogens (tertiary/aromatic N) is 5. The van der Waals surface area contributed by atoms with Crippen molar-refractivity contribution in [3.63, 3.8) is 0 Å². The third kappa shape index (κ3) is 6.71. The Kier molecular flexibility index (Phi) is 7.55. The maximum atomic E-state index is 12.9. The second-order valence-corrected chi connectivity index (χ2v) is 11.8. The number of hydrogen-bond donors (Lipinski definition) is 3. The number of aromatic nitrogens is 4. The Hall–Kier alpha value is -2.89. The third-order valence-corrected chi connectivity index (χ3v) is 7.51. The summed E-state index contributed by atoms with van der Waals surface area (Å²) in [5, 5.41) is 17.4. The zero-order valence-corrected chi connectivity index (χ0v) is 22.4. The fraction of sp³-hybridized carbons (Fsp3) is 0.577. The van der Waals surface area contributed by atoms with Crippen LogP contribution in [-0.4, -0.2) is 66.2 Å². The fourth-order valence-electron chi connectivity index (χ4n) is 4.90. The number of ether oxygens (including phenoxy) is 1. The molecule has 3 aromatic heterocycles. The van der Waals surface area contributed by atoms with Gasteiger partial charge in [-0.25, -0.2) is 15.0 Å². The molecule has 198 valence electrons. The van der Waals surface area contributed by atoms with Gasteiger partial charge in [0.15, 0.2) is 5.13 Å². The van der Waals surface area contributed by atoms with E-state index in [4.69, 9.17) is 14.7 Å². The number of carbonyl (C=O) groups is 1. The van der Waals surface area contributed by atoms with Crippen molar-refractivity contribution in [3.05, 3.63) is 30.1 Å². The summed E-state index contributed by atoms with van der Waals surface area (Å²) < 4.78 is 5.68. The minimum absolute atomic E-state index is 0.182. The summed E-state index contributed by atoms with van der Waals surface area (Å²) in [7, 11) is 0. The summed E-state index contributed by atoms with van der Waals surface area (Å²) in [5.41, 5.74) is 1.12. The molecule has 0 bridgehead atoms. The lowest BCUT2D eigenvalue weighted by molar-refractivity contribution is -0.160. The van der Waals surface area contributed by atoms with Crippen molar-refractivity contribution in [2.24, 2.45) is 0 Å². The molecule has 10 nitrogen and oxygen atoms in total. The first-order valence-corrected chi connectivity index (χ1v) is 13.8. The zero-order valence-electron chi connectivity index (χ0n) is 21.6. The van der Waals surface area contributed by atoms with Gasteiger partial charge in [0.1, 0.15) is 27.8 Å². The number of aliphatic hydroxyl groups is 1. The first-order valence-electron chi connectivity index (χ1n) is 13.0. The molecule has 0 radical (unpaired) electrons. The van der Waals surface area contributed by atoms with E-state index in [9.17, 15) is 9.90 Å². The number of pyridine rings is 1. The Morgan fingerprint density at radius 2 is 2.00 bits per heavy atom. The van der Waals surface area contributed by atoms with Gasteiger partial charge in [0.2, 0.25) is 5.95 Å². The number of rotatable bonds is 7. The molecule has 1 atom stereocenters. The van der Waals surface area contributed by atoms with E-state index in [2.05, 4.69) is 25.5 Å². The van der Waals surface area contributed by atoms with Crippen molar-refractivity contribution >= 4 is 44.6 Å². The lowest BCUT2D eigenvalue weighted by Crippen LogP contribution is -2.40. The molecule has 3 aromatic rings. The molecule has 1 aliphatic heterocycles. The van der Waals surface area contributed by atoms with E-state index in [1.165, 1.54) is 11.3 Å². The molecule has 0 unspecified atom stereocenters. The van der Waals surface area contributed by atoms with E-state index >= 15 is 0 Å². The van der Waals surface area contributed by atoms with Crippen LogP contribution < -0.4 is 10.6 Å². The number of fused-ring (bicyclic) bond motifs is 1. The molecule has 1 saturated carbocycles. The van der Waals surface area contributed by atoms with Crippen molar-refractivity contribution in [1.82, 2.24) is 24.8 Å². The van der Waals surface area contributed by atoms with Gasteiger partial charge < -0.3 is 20.5 Å². The van der Waals surface area contributed by atoms with E-state index in [-0.39, 0.29) is 24.2 Å². The number of anilines is 3. The smallest absolute Gasteiger partial charge is 0.323 e. The minimum Gasteiger partial charge on any atom is -0.459 e. The quantitative estimate of drug-likeness (QED) is 0.386. The molecule has 0 spiro atoms. The van der Waals surface area contributed by atoms with Crippen LogP contribution in [0.2, 0.25) is 0 Å². The van der Waals surface area contributed by atoms with E-state index in [0.717, 1.165) is 61.1 Å². The molecular formula is C26H35N7O3S. The van der Waals surface area contributed by atoms with Gasteiger partial charge in [0.25, 0.3) is 0 Å². The summed E-state index contributed by atoms with van der Waals surface area (Å²) >= 11 is 1.47. The second-order valence-electron chi connectivity index (χ2n) is 10.9. The Labute approximate surface area is 220 Å². The number of likely N-dealkylation sites (tertiary alicyclic amines) is 1. The van der Waals surface area contributed by atoms with Gasteiger partial charge in [-0.3, -0.25) is 9.69 Å². The van der Waals surface area contributed by atoms with Gasteiger partial charge in [-0.15, -0.1) is 0 Å². The minimum atomic E-state index is -0.520. The molecule has 5 rings (SSSR count). The maximum Gasteiger partial charge on any atom is 0.323 e. The van der Waals surface area contributed by atoms with Crippen LogP contribution in [0.25, 0.3) is 10.3 Å². The normalized spacial score (nSPS) is 22.8. The Morgan fingerprint density at radius 3 is 2.76 bits per heavy atom. The summed E-state index contributed by atoms with van der Waals surface area (Å²) in [6.45, 7) is 7.01. The first kappa shape index (κ1) is 25.7. The first-order chi connectivity index (χ1) is 17.7. The molecule has 2 aliphatic rings. The van der Waals surface area contributed by atoms with Crippen LogP contribution in [-0.2, 0) is 16.1 Å². The molecular weight excluding hydrogens is 490 g/mol. The highest BCUT2D eigenvalue weighted by atomic mass is 32.1. The number of hydrogen-bond acceptors (Lipinski definition) is 11. The molecule has 2 fully saturated rings. The van der Waals surface area contributed by atoms with Gasteiger partial charge in [-0.1, -0.05) is 11.3 Å². The highest BCUT2D eigenvalue weighted by Crippen LogP contribution is 2.29. The van der Waals surface area contributed by atoms with Crippen LogP contribution in [0, 0.1) is 0 Å². The molecule has 11 heteroatoms. The van der Waals surface area contributed by atoms with E-state index in [0.29, 0.717) is 23.4 Å². The summed E-state index contributed by atoms with van der Waals surface area (Å²) in [4.78, 5) is 34.4. The Balaban J connectivity index is 1.37. The highest BCUT2D eigenvalue weighted by Gasteiger charge is 2.34. The van der Waals surface area contributed by atoms with Crippen molar-refractivity contribution in [3.8, 4) is 0 Å². The molecule has 0 amide bonds.